The summed E-state index contributed by atoms with van der Waals surface area (Å²) < 4.78 is 29.8. The van der Waals surface area contributed by atoms with Gasteiger partial charge in [-0.3, -0.25) is 0 Å². The second-order valence-electron chi connectivity index (χ2n) is 5.06. The van der Waals surface area contributed by atoms with Crippen LogP contribution in [0.15, 0.2) is 47.1 Å². The van der Waals surface area contributed by atoms with Gasteiger partial charge in [0.2, 0.25) is 5.95 Å². The Kier molecular flexibility index (Phi) is 4.95. The lowest BCUT2D eigenvalue weighted by molar-refractivity contribution is 0.116. The molecular formula is C17H13F2N5O. The molecule has 25 heavy (non-hydrogen) atoms. The van der Waals surface area contributed by atoms with Crippen molar-refractivity contribution in [3.8, 4) is 23.8 Å². The maximum absolute atomic E-state index is 12.5. The lowest BCUT2D eigenvalue weighted by Crippen LogP contribution is -2.12. The molecule has 0 fully saturated rings. The van der Waals surface area contributed by atoms with Gasteiger partial charge in [0.05, 0.1) is 11.6 Å². The fourth-order valence-electron chi connectivity index (χ4n) is 2.16. The lowest BCUT2D eigenvalue weighted by atomic mass is 10.0. The first-order valence-electron chi connectivity index (χ1n) is 7.36. The molecule has 2 aromatic heterocycles. The molecule has 0 radical (unpaired) electrons. The summed E-state index contributed by atoms with van der Waals surface area (Å²) in [6.07, 6.45) is 5.89. The molecule has 0 aliphatic carbocycles. The van der Waals surface area contributed by atoms with Crippen LogP contribution < -0.4 is 5.32 Å². The van der Waals surface area contributed by atoms with Crippen molar-refractivity contribution in [1.82, 2.24) is 20.2 Å². The molecule has 0 aliphatic heterocycles. The Balaban J connectivity index is 1.76. The Bertz CT molecular complexity index is 859. The molecule has 1 N–H and O–H groups in total. The molecule has 1 aromatic carbocycles. The van der Waals surface area contributed by atoms with Crippen molar-refractivity contribution in [2.45, 2.75) is 18.9 Å². The van der Waals surface area contributed by atoms with Gasteiger partial charge in [-0.05, 0) is 5.56 Å². The standard InChI is InChI=1S/C17H13F2N5O/c1-2-6-13(11-7-4-3-5-8-11)22-17-20-9-12(10-21-17)15-23-24-16(25-15)14(18)19/h1,3-5,7-10,13-14H,6H2,(H,20,21,22). The predicted molar refractivity (Wildman–Crippen MR) is 86.5 cm³/mol. The molecule has 1 unspecified atom stereocenters. The van der Waals surface area contributed by atoms with Crippen LogP contribution in [-0.2, 0) is 0 Å². The molecule has 0 aliphatic rings. The number of nitrogens with one attached hydrogen (secondary N) is 1. The summed E-state index contributed by atoms with van der Waals surface area (Å²) in [5.74, 6) is 2.16. The molecule has 126 valence electrons. The van der Waals surface area contributed by atoms with Gasteiger partial charge in [-0.15, -0.1) is 22.5 Å². The highest BCUT2D eigenvalue weighted by Crippen LogP contribution is 2.24. The summed E-state index contributed by atoms with van der Waals surface area (Å²) in [6.45, 7) is 0. The number of hydrogen-bond acceptors (Lipinski definition) is 6. The monoisotopic (exact) mass is 341 g/mol. The fraction of sp³-hybridized carbons (Fsp3) is 0.176. The van der Waals surface area contributed by atoms with Crippen LogP contribution in [0.2, 0.25) is 0 Å². The first-order chi connectivity index (χ1) is 12.2. The Morgan fingerprint density at radius 2 is 1.84 bits per heavy atom. The van der Waals surface area contributed by atoms with E-state index in [4.69, 9.17) is 10.8 Å². The van der Waals surface area contributed by atoms with E-state index in [2.05, 4.69) is 31.4 Å². The minimum atomic E-state index is -2.82. The van der Waals surface area contributed by atoms with Gasteiger partial charge in [-0.2, -0.15) is 8.78 Å². The van der Waals surface area contributed by atoms with Crippen LogP contribution >= 0.6 is 0 Å². The van der Waals surface area contributed by atoms with E-state index in [1.807, 2.05) is 30.3 Å². The number of terminal acetylenes is 1. The SMILES string of the molecule is C#CCC(Nc1ncc(-c2nnc(C(F)F)o2)cn1)c1ccccc1. The van der Waals surface area contributed by atoms with Crippen LogP contribution in [-0.4, -0.2) is 20.2 Å². The van der Waals surface area contributed by atoms with Gasteiger partial charge >= 0.3 is 6.43 Å². The Morgan fingerprint density at radius 3 is 2.44 bits per heavy atom. The minimum Gasteiger partial charge on any atom is -0.415 e. The number of anilines is 1. The summed E-state index contributed by atoms with van der Waals surface area (Å²) in [5.41, 5.74) is 1.35. The molecule has 1 atom stereocenters. The maximum Gasteiger partial charge on any atom is 0.314 e. The van der Waals surface area contributed by atoms with Crippen LogP contribution in [0.4, 0.5) is 14.7 Å². The normalized spacial score (nSPS) is 11.9. The quantitative estimate of drug-likeness (QED) is 0.690. The van der Waals surface area contributed by atoms with E-state index < -0.39 is 12.3 Å². The van der Waals surface area contributed by atoms with Crippen molar-refractivity contribution >= 4 is 5.95 Å². The van der Waals surface area contributed by atoms with E-state index >= 15 is 0 Å². The third-order valence-corrected chi connectivity index (χ3v) is 3.35. The summed E-state index contributed by atoms with van der Waals surface area (Å²) >= 11 is 0. The molecule has 3 aromatic rings. The molecule has 0 saturated heterocycles. The zero-order chi connectivity index (χ0) is 17.6. The van der Waals surface area contributed by atoms with Crippen molar-refractivity contribution in [1.29, 1.82) is 0 Å². The first kappa shape index (κ1) is 16.5. The minimum absolute atomic E-state index is 0.0647. The van der Waals surface area contributed by atoms with Crippen molar-refractivity contribution in [2.24, 2.45) is 0 Å². The van der Waals surface area contributed by atoms with Gasteiger partial charge in [0, 0.05) is 18.8 Å². The summed E-state index contributed by atoms with van der Waals surface area (Å²) in [6, 6.07) is 9.51. The maximum atomic E-state index is 12.5. The number of rotatable bonds is 6. The number of alkyl halides is 2. The second-order valence-corrected chi connectivity index (χ2v) is 5.06. The zero-order valence-corrected chi connectivity index (χ0v) is 12.9. The van der Waals surface area contributed by atoms with Crippen LogP contribution in [0.5, 0.6) is 0 Å². The summed E-state index contributed by atoms with van der Waals surface area (Å²) in [7, 11) is 0. The van der Waals surface area contributed by atoms with E-state index in [1.54, 1.807) is 0 Å². The van der Waals surface area contributed by atoms with Crippen molar-refractivity contribution in [3.05, 3.63) is 54.2 Å². The topological polar surface area (TPSA) is 76.7 Å². The highest BCUT2D eigenvalue weighted by Gasteiger charge is 2.18. The predicted octanol–water partition coefficient (Wildman–Crippen LogP) is 3.64. The molecule has 8 heteroatoms. The molecule has 0 spiro atoms. The highest BCUT2D eigenvalue weighted by atomic mass is 19.3. The Hall–Kier alpha value is -3.34. The third-order valence-electron chi connectivity index (χ3n) is 3.35. The second kappa shape index (κ2) is 7.49. The van der Waals surface area contributed by atoms with Gasteiger partial charge < -0.3 is 9.73 Å². The third kappa shape index (κ3) is 3.95. The molecule has 0 amide bonds. The van der Waals surface area contributed by atoms with Gasteiger partial charge in [0.15, 0.2) is 0 Å². The number of hydrogen-bond donors (Lipinski definition) is 1. The molecule has 0 saturated carbocycles. The average Bonchev–Trinajstić information content (AvgIpc) is 3.13. The summed E-state index contributed by atoms with van der Waals surface area (Å²) in [4.78, 5) is 8.30. The van der Waals surface area contributed by atoms with Gasteiger partial charge in [-0.1, -0.05) is 30.3 Å². The number of benzene rings is 1. The van der Waals surface area contributed by atoms with Crippen LogP contribution in [0.3, 0.4) is 0 Å². The summed E-state index contributed by atoms with van der Waals surface area (Å²) in [5, 5.41) is 9.97. The van der Waals surface area contributed by atoms with Crippen LogP contribution in [0.25, 0.3) is 11.5 Å². The Morgan fingerprint density at radius 1 is 1.12 bits per heavy atom. The molecule has 3 rings (SSSR count). The van der Waals surface area contributed by atoms with E-state index in [9.17, 15) is 8.78 Å². The number of aromatic nitrogens is 4. The molecule has 2 heterocycles. The van der Waals surface area contributed by atoms with Crippen molar-refractivity contribution in [3.63, 3.8) is 0 Å². The first-order valence-corrected chi connectivity index (χ1v) is 7.36. The largest absolute Gasteiger partial charge is 0.415 e. The van der Waals surface area contributed by atoms with Crippen molar-refractivity contribution in [2.75, 3.05) is 5.32 Å². The van der Waals surface area contributed by atoms with Crippen molar-refractivity contribution < 1.29 is 13.2 Å². The lowest BCUT2D eigenvalue weighted by Gasteiger charge is -2.16. The number of halogens is 2. The fourth-order valence-corrected chi connectivity index (χ4v) is 2.16. The molecular weight excluding hydrogens is 328 g/mol. The number of nitrogens with zero attached hydrogens (tertiary/aromatic N) is 4. The average molecular weight is 341 g/mol. The Labute approximate surface area is 142 Å². The van der Waals surface area contributed by atoms with E-state index in [0.717, 1.165) is 5.56 Å². The molecule has 0 bridgehead atoms. The van der Waals surface area contributed by atoms with Gasteiger partial charge in [0.25, 0.3) is 11.8 Å². The highest BCUT2D eigenvalue weighted by molar-refractivity contribution is 5.50. The smallest absolute Gasteiger partial charge is 0.314 e. The molecule has 6 nitrogen and oxygen atoms in total. The zero-order valence-electron chi connectivity index (χ0n) is 12.9. The van der Waals surface area contributed by atoms with Gasteiger partial charge in [0.1, 0.15) is 0 Å². The van der Waals surface area contributed by atoms with Gasteiger partial charge in [-0.25, -0.2) is 9.97 Å². The van der Waals surface area contributed by atoms with Crippen LogP contribution in [0.1, 0.15) is 30.3 Å². The van der Waals surface area contributed by atoms with Crippen LogP contribution in [0, 0.1) is 12.3 Å². The van der Waals surface area contributed by atoms with E-state index in [-0.39, 0.29) is 11.9 Å². The van der Waals surface area contributed by atoms with E-state index in [0.29, 0.717) is 17.9 Å². The van der Waals surface area contributed by atoms with E-state index in [1.165, 1.54) is 12.4 Å².